The van der Waals surface area contributed by atoms with Crippen molar-refractivity contribution >= 4 is 11.7 Å². The van der Waals surface area contributed by atoms with Gasteiger partial charge in [-0.3, -0.25) is 9.59 Å². The molecule has 10 nitrogen and oxygen atoms in total. The van der Waals surface area contributed by atoms with E-state index in [9.17, 15) is 19.8 Å². The molecule has 0 aromatic rings. The lowest BCUT2D eigenvalue weighted by molar-refractivity contribution is -0.158. The zero-order chi connectivity index (χ0) is 24.4. The Morgan fingerprint density at radius 3 is 1.72 bits per heavy atom. The third-order valence-electron chi connectivity index (χ3n) is 5.76. The third kappa shape index (κ3) is 12.2. The van der Waals surface area contributed by atoms with Gasteiger partial charge in [-0.15, -0.1) is 0 Å². The highest BCUT2D eigenvalue weighted by Gasteiger charge is 2.41. The number of ether oxygens (including phenoxy) is 1. The molecule has 0 bridgehead atoms. The third-order valence-corrected chi connectivity index (χ3v) is 5.76. The molecule has 0 aliphatic heterocycles. The summed E-state index contributed by atoms with van der Waals surface area (Å²) in [6.07, 6.45) is -1.03. The Morgan fingerprint density at radius 1 is 0.812 bits per heavy atom. The molecule has 0 aliphatic rings. The van der Waals surface area contributed by atoms with Crippen molar-refractivity contribution in [2.75, 3.05) is 59.5 Å². The second-order valence-corrected chi connectivity index (χ2v) is 8.05. The summed E-state index contributed by atoms with van der Waals surface area (Å²) in [6.45, 7) is 13.7. The smallest absolute Gasteiger partial charge is 0.252 e. The lowest BCUT2D eigenvalue weighted by atomic mass is 9.91. The van der Waals surface area contributed by atoms with Gasteiger partial charge < -0.3 is 41.5 Å². The zero-order valence-electron chi connectivity index (χ0n) is 20.6. The van der Waals surface area contributed by atoms with Crippen LogP contribution in [0.1, 0.15) is 47.0 Å². The predicted molar refractivity (Wildman–Crippen MR) is 127 cm³/mol. The van der Waals surface area contributed by atoms with Crippen LogP contribution in [-0.2, 0) is 14.3 Å². The van der Waals surface area contributed by atoms with Crippen LogP contribution >= 0.6 is 0 Å². The molecule has 0 aromatic carbocycles. The highest BCUT2D eigenvalue weighted by molar-refractivity contribution is 5.96. The summed E-state index contributed by atoms with van der Waals surface area (Å²) >= 11 is 0. The number of Topliss-reactive ketones (excluding diaryl/α,β-unsaturated/α-hetero) is 1. The molecule has 1 unspecified atom stereocenters. The van der Waals surface area contributed by atoms with Gasteiger partial charge in [0.2, 0.25) is 0 Å². The van der Waals surface area contributed by atoms with Crippen molar-refractivity contribution in [3.05, 3.63) is 0 Å². The van der Waals surface area contributed by atoms with Crippen molar-refractivity contribution < 1.29 is 24.5 Å². The lowest BCUT2D eigenvalue weighted by Crippen LogP contribution is -2.53. The molecule has 32 heavy (non-hydrogen) atoms. The first kappa shape index (κ1) is 30.9. The van der Waals surface area contributed by atoms with E-state index in [4.69, 9.17) is 4.74 Å². The van der Waals surface area contributed by atoms with Gasteiger partial charge in [0.25, 0.3) is 5.91 Å². The average molecular weight is 462 g/mol. The SMILES string of the molecule is CCC(CC)NCCNCCNCCNCCNC(=O)[C@H](O)[C@@H](O)C(=O)C(C)(CC)OC. The van der Waals surface area contributed by atoms with Gasteiger partial charge in [-0.05, 0) is 26.2 Å². The fourth-order valence-electron chi connectivity index (χ4n) is 3.07. The number of rotatable bonds is 21. The predicted octanol–water partition coefficient (Wildman–Crippen LogP) is -1.24. The highest BCUT2D eigenvalue weighted by atomic mass is 16.5. The molecule has 190 valence electrons. The van der Waals surface area contributed by atoms with E-state index >= 15 is 0 Å². The van der Waals surface area contributed by atoms with Gasteiger partial charge in [-0.25, -0.2) is 0 Å². The Hall–Kier alpha value is -1.14. The van der Waals surface area contributed by atoms with Gasteiger partial charge in [0.1, 0.15) is 5.60 Å². The molecule has 0 heterocycles. The van der Waals surface area contributed by atoms with Crippen LogP contribution in [0.25, 0.3) is 0 Å². The topological polar surface area (TPSA) is 144 Å². The van der Waals surface area contributed by atoms with Gasteiger partial charge >= 0.3 is 0 Å². The van der Waals surface area contributed by atoms with E-state index in [0.717, 1.165) is 52.1 Å². The first-order chi connectivity index (χ1) is 15.3. The quantitative estimate of drug-likeness (QED) is 0.104. The number of carbonyl (C=O) groups is 2. The van der Waals surface area contributed by atoms with Gasteiger partial charge in [0.15, 0.2) is 18.0 Å². The van der Waals surface area contributed by atoms with Crippen LogP contribution in [0.5, 0.6) is 0 Å². The number of ketones is 1. The first-order valence-electron chi connectivity index (χ1n) is 11.9. The Bertz CT molecular complexity index is 501. The van der Waals surface area contributed by atoms with E-state index in [1.165, 1.54) is 14.0 Å². The summed E-state index contributed by atoms with van der Waals surface area (Å²) in [5.41, 5.74) is -1.24. The highest BCUT2D eigenvalue weighted by Crippen LogP contribution is 2.18. The number of aliphatic hydroxyl groups is 2. The van der Waals surface area contributed by atoms with Crippen molar-refractivity contribution in [3.63, 3.8) is 0 Å². The van der Waals surface area contributed by atoms with Crippen molar-refractivity contribution in [1.82, 2.24) is 26.6 Å². The molecule has 7 N–H and O–H groups in total. The van der Waals surface area contributed by atoms with Crippen molar-refractivity contribution in [2.45, 2.75) is 70.8 Å². The van der Waals surface area contributed by atoms with Gasteiger partial charge in [0, 0.05) is 65.5 Å². The standard InChI is InChI=1S/C22H47N5O5/c1-6-17(7-2)26-15-13-24-11-9-23-10-12-25-14-16-27-21(31)19(29)18(28)20(30)22(4,8-3)32-5/h17-19,23-26,28-29H,6-16H2,1-5H3,(H,27,31)/t18-,19-,22?/m1/s1. The second kappa shape index (κ2) is 18.3. The lowest BCUT2D eigenvalue weighted by Gasteiger charge is -2.28. The Morgan fingerprint density at radius 2 is 1.28 bits per heavy atom. The van der Waals surface area contributed by atoms with E-state index in [1.807, 2.05) is 0 Å². The molecule has 3 atom stereocenters. The molecule has 0 fully saturated rings. The number of amides is 1. The number of hydrogen-bond donors (Lipinski definition) is 7. The maximum Gasteiger partial charge on any atom is 0.252 e. The van der Waals surface area contributed by atoms with Gasteiger partial charge in [-0.1, -0.05) is 20.8 Å². The fraction of sp³-hybridized carbons (Fsp3) is 0.909. The zero-order valence-corrected chi connectivity index (χ0v) is 20.6. The number of hydrogen-bond acceptors (Lipinski definition) is 9. The number of carbonyl (C=O) groups excluding carboxylic acids is 2. The Labute approximate surface area is 193 Å². The maximum atomic E-state index is 12.3. The van der Waals surface area contributed by atoms with E-state index in [-0.39, 0.29) is 6.54 Å². The first-order valence-corrected chi connectivity index (χ1v) is 11.9. The summed E-state index contributed by atoms with van der Waals surface area (Å²) in [4.78, 5) is 24.2. The van der Waals surface area contributed by atoms with Crippen LogP contribution in [0.4, 0.5) is 0 Å². The van der Waals surface area contributed by atoms with E-state index in [0.29, 0.717) is 19.0 Å². The molecule has 0 radical (unpaired) electrons. The minimum absolute atomic E-state index is 0.275. The molecule has 0 saturated carbocycles. The second-order valence-electron chi connectivity index (χ2n) is 8.05. The van der Waals surface area contributed by atoms with E-state index in [2.05, 4.69) is 40.4 Å². The molecule has 0 spiro atoms. The van der Waals surface area contributed by atoms with Crippen LogP contribution in [-0.4, -0.2) is 105 Å². The number of nitrogens with one attached hydrogen (secondary N) is 5. The molecular formula is C22H47N5O5. The van der Waals surface area contributed by atoms with E-state index in [1.54, 1.807) is 6.92 Å². The van der Waals surface area contributed by atoms with Crippen molar-refractivity contribution in [1.29, 1.82) is 0 Å². The van der Waals surface area contributed by atoms with Crippen LogP contribution in [0.3, 0.4) is 0 Å². The molecule has 10 heteroatoms. The number of methoxy groups -OCH3 is 1. The Balaban J connectivity index is 3.74. The fourth-order valence-corrected chi connectivity index (χ4v) is 3.07. The summed E-state index contributed by atoms with van der Waals surface area (Å²) in [5, 5.41) is 35.9. The van der Waals surface area contributed by atoms with Crippen LogP contribution < -0.4 is 26.6 Å². The molecule has 0 aliphatic carbocycles. The molecule has 1 amide bonds. The van der Waals surface area contributed by atoms with Crippen LogP contribution in [0, 0.1) is 0 Å². The van der Waals surface area contributed by atoms with E-state index < -0.39 is 29.5 Å². The minimum Gasteiger partial charge on any atom is -0.382 e. The monoisotopic (exact) mass is 461 g/mol. The van der Waals surface area contributed by atoms with Gasteiger partial charge in [-0.2, -0.15) is 0 Å². The number of aliphatic hydroxyl groups excluding tert-OH is 2. The summed E-state index contributed by atoms with van der Waals surface area (Å²) in [5.74, 6) is -1.50. The average Bonchev–Trinajstić information content (AvgIpc) is 2.82. The molecule has 0 saturated heterocycles. The summed E-state index contributed by atoms with van der Waals surface area (Å²) in [6, 6.07) is 0.606. The minimum atomic E-state index is -1.83. The molecule has 0 rings (SSSR count). The summed E-state index contributed by atoms with van der Waals surface area (Å²) in [7, 11) is 1.35. The largest absolute Gasteiger partial charge is 0.382 e. The normalized spacial score (nSPS) is 15.4. The van der Waals surface area contributed by atoms with Crippen LogP contribution in [0.15, 0.2) is 0 Å². The summed E-state index contributed by atoms with van der Waals surface area (Å²) < 4.78 is 5.12. The molecule has 0 aromatic heterocycles. The van der Waals surface area contributed by atoms with Crippen molar-refractivity contribution in [3.8, 4) is 0 Å². The molecular weight excluding hydrogens is 414 g/mol. The van der Waals surface area contributed by atoms with Gasteiger partial charge in [0.05, 0.1) is 0 Å². The Kier molecular flexibility index (Phi) is 17.7. The van der Waals surface area contributed by atoms with Crippen molar-refractivity contribution in [2.24, 2.45) is 0 Å². The maximum absolute atomic E-state index is 12.3. The van der Waals surface area contributed by atoms with Crippen LogP contribution in [0.2, 0.25) is 0 Å².